The molecule has 1 aliphatic heterocycles. The van der Waals surface area contributed by atoms with E-state index in [1.807, 2.05) is 0 Å². The number of anilines is 2. The number of aromatic nitrogens is 2. The Morgan fingerprint density at radius 2 is 2.39 bits per heavy atom. The van der Waals surface area contributed by atoms with Crippen LogP contribution in [0.2, 0.25) is 0 Å². The average Bonchev–Trinajstić information content (AvgIpc) is 3.13. The van der Waals surface area contributed by atoms with Gasteiger partial charge in [0.05, 0.1) is 6.54 Å². The van der Waals surface area contributed by atoms with E-state index in [0.717, 1.165) is 5.92 Å². The molecule has 2 fully saturated rings. The van der Waals surface area contributed by atoms with Crippen LogP contribution in [0.5, 0.6) is 0 Å². The van der Waals surface area contributed by atoms with Crippen molar-refractivity contribution in [1.82, 2.24) is 9.97 Å². The second-order valence-corrected chi connectivity index (χ2v) is 4.77. The molecule has 1 aromatic rings. The van der Waals surface area contributed by atoms with E-state index in [4.69, 9.17) is 4.74 Å². The van der Waals surface area contributed by atoms with Crippen LogP contribution in [0.4, 0.5) is 16.6 Å². The fraction of sp³-hybridized carbons (Fsp3) is 0.583. The fourth-order valence-corrected chi connectivity index (χ4v) is 2.09. The second kappa shape index (κ2) is 4.44. The molecule has 96 valence electrons. The van der Waals surface area contributed by atoms with Crippen molar-refractivity contribution in [3.63, 3.8) is 0 Å². The van der Waals surface area contributed by atoms with E-state index < -0.39 is 0 Å². The molecule has 1 saturated heterocycles. The van der Waals surface area contributed by atoms with Gasteiger partial charge in [0.25, 0.3) is 0 Å². The van der Waals surface area contributed by atoms with E-state index in [1.54, 1.807) is 12.3 Å². The molecule has 18 heavy (non-hydrogen) atoms. The number of nitrogens with zero attached hydrogens (tertiary/aromatic N) is 3. The highest BCUT2D eigenvalue weighted by Gasteiger charge is 2.29. The summed E-state index contributed by atoms with van der Waals surface area (Å²) in [7, 11) is 0. The van der Waals surface area contributed by atoms with Crippen molar-refractivity contribution in [2.75, 3.05) is 23.4 Å². The van der Waals surface area contributed by atoms with E-state index in [1.165, 1.54) is 17.7 Å². The van der Waals surface area contributed by atoms with E-state index in [-0.39, 0.29) is 6.09 Å². The van der Waals surface area contributed by atoms with Crippen molar-refractivity contribution in [2.45, 2.75) is 25.8 Å². The zero-order valence-electron chi connectivity index (χ0n) is 10.3. The Bertz CT molecular complexity index is 461. The fourth-order valence-electron chi connectivity index (χ4n) is 2.09. The van der Waals surface area contributed by atoms with Gasteiger partial charge in [0.2, 0.25) is 5.95 Å². The third kappa shape index (κ3) is 2.23. The molecule has 6 heteroatoms. The van der Waals surface area contributed by atoms with Crippen molar-refractivity contribution in [2.24, 2.45) is 5.92 Å². The summed E-state index contributed by atoms with van der Waals surface area (Å²) in [5, 5.41) is 3.28. The summed E-state index contributed by atoms with van der Waals surface area (Å²) in [5.74, 6) is 1.90. The zero-order chi connectivity index (χ0) is 12.5. The number of hydrogen-bond donors (Lipinski definition) is 1. The smallest absolute Gasteiger partial charge is 0.415 e. The normalized spacial score (nSPS) is 20.7. The predicted octanol–water partition coefficient (Wildman–Crippen LogP) is 1.64. The number of carbonyl (C=O) groups is 1. The van der Waals surface area contributed by atoms with Crippen LogP contribution in [0.1, 0.15) is 19.8 Å². The minimum absolute atomic E-state index is 0.338. The Hall–Kier alpha value is -1.85. The van der Waals surface area contributed by atoms with E-state index in [9.17, 15) is 4.79 Å². The summed E-state index contributed by atoms with van der Waals surface area (Å²) in [6.07, 6.45) is 3.86. The lowest BCUT2D eigenvalue weighted by atomic mass is 10.2. The van der Waals surface area contributed by atoms with Crippen molar-refractivity contribution >= 4 is 17.9 Å². The molecule has 3 rings (SSSR count). The maximum atomic E-state index is 11.4. The van der Waals surface area contributed by atoms with Gasteiger partial charge in [-0.05, 0) is 31.7 Å². The van der Waals surface area contributed by atoms with Crippen LogP contribution < -0.4 is 10.2 Å². The number of amides is 1. The molecule has 1 atom stereocenters. The Labute approximate surface area is 105 Å². The molecule has 2 heterocycles. The lowest BCUT2D eigenvalue weighted by molar-refractivity contribution is 0.181. The van der Waals surface area contributed by atoms with Gasteiger partial charge in [-0.25, -0.2) is 9.78 Å². The third-order valence-corrected chi connectivity index (χ3v) is 3.36. The Morgan fingerprint density at radius 1 is 1.56 bits per heavy atom. The first-order valence-corrected chi connectivity index (χ1v) is 6.28. The third-order valence-electron chi connectivity index (χ3n) is 3.36. The highest BCUT2D eigenvalue weighted by Crippen LogP contribution is 2.33. The summed E-state index contributed by atoms with van der Waals surface area (Å²) in [4.78, 5) is 21.5. The molecule has 0 spiro atoms. The van der Waals surface area contributed by atoms with Crippen LogP contribution in [0.3, 0.4) is 0 Å². The lowest BCUT2D eigenvalue weighted by Gasteiger charge is -2.15. The van der Waals surface area contributed by atoms with Crippen LogP contribution in [0.15, 0.2) is 12.3 Å². The van der Waals surface area contributed by atoms with Gasteiger partial charge in [0, 0.05) is 12.2 Å². The molecule has 0 radical (unpaired) electrons. The van der Waals surface area contributed by atoms with Crippen LogP contribution in [-0.4, -0.2) is 35.3 Å². The van der Waals surface area contributed by atoms with Gasteiger partial charge in [-0.3, -0.25) is 4.90 Å². The van der Waals surface area contributed by atoms with E-state index >= 15 is 0 Å². The van der Waals surface area contributed by atoms with Gasteiger partial charge in [-0.15, -0.1) is 0 Å². The van der Waals surface area contributed by atoms with Gasteiger partial charge in [-0.1, -0.05) is 0 Å². The highest BCUT2D eigenvalue weighted by molar-refractivity contribution is 5.88. The van der Waals surface area contributed by atoms with Crippen LogP contribution >= 0.6 is 0 Å². The maximum Gasteiger partial charge on any atom is 0.415 e. The van der Waals surface area contributed by atoms with Gasteiger partial charge >= 0.3 is 6.09 Å². The Morgan fingerprint density at radius 3 is 3.06 bits per heavy atom. The molecule has 2 aliphatic rings. The van der Waals surface area contributed by atoms with Crippen LogP contribution in [0.25, 0.3) is 0 Å². The second-order valence-electron chi connectivity index (χ2n) is 4.77. The van der Waals surface area contributed by atoms with Crippen LogP contribution in [0, 0.1) is 5.92 Å². The number of carbonyl (C=O) groups excluding carboxylic acids is 1. The first-order chi connectivity index (χ1) is 8.74. The lowest BCUT2D eigenvalue weighted by Crippen LogP contribution is -2.25. The summed E-state index contributed by atoms with van der Waals surface area (Å²) in [6, 6.07) is 2.10. The van der Waals surface area contributed by atoms with Gasteiger partial charge in [-0.2, -0.15) is 4.98 Å². The maximum absolute atomic E-state index is 11.4. The van der Waals surface area contributed by atoms with Crippen molar-refractivity contribution in [3.05, 3.63) is 12.3 Å². The summed E-state index contributed by atoms with van der Waals surface area (Å²) in [6.45, 7) is 3.11. The first-order valence-electron chi connectivity index (χ1n) is 6.28. The Balaban J connectivity index is 1.73. The number of cyclic esters (lactones) is 1. The van der Waals surface area contributed by atoms with E-state index in [0.29, 0.717) is 31.0 Å². The minimum Gasteiger partial charge on any atom is -0.447 e. The zero-order valence-corrected chi connectivity index (χ0v) is 10.3. The molecule has 0 aromatic carbocycles. The monoisotopic (exact) mass is 248 g/mol. The number of hydrogen-bond acceptors (Lipinski definition) is 5. The molecule has 6 nitrogen and oxygen atoms in total. The highest BCUT2D eigenvalue weighted by atomic mass is 16.6. The van der Waals surface area contributed by atoms with Gasteiger partial charge in [0.15, 0.2) is 0 Å². The topological polar surface area (TPSA) is 67.3 Å². The van der Waals surface area contributed by atoms with Crippen LogP contribution in [-0.2, 0) is 4.74 Å². The molecule has 1 saturated carbocycles. The molecule has 0 bridgehead atoms. The standard InChI is InChI=1S/C12H16N4O2/c1-8(9-2-3-9)14-11-13-5-4-10(15-11)16-6-7-18-12(16)17/h4-5,8-9H,2-3,6-7H2,1H3,(H,13,14,15)/t8-/m0/s1. The molecule has 0 unspecified atom stereocenters. The molecule has 1 aromatic heterocycles. The van der Waals surface area contributed by atoms with Crippen molar-refractivity contribution in [1.29, 1.82) is 0 Å². The quantitative estimate of drug-likeness (QED) is 0.877. The molecular weight excluding hydrogens is 232 g/mol. The number of ether oxygens (including phenoxy) is 1. The van der Waals surface area contributed by atoms with Crippen molar-refractivity contribution < 1.29 is 9.53 Å². The summed E-state index contributed by atoms with van der Waals surface area (Å²) < 4.78 is 4.90. The summed E-state index contributed by atoms with van der Waals surface area (Å²) in [5.41, 5.74) is 0. The summed E-state index contributed by atoms with van der Waals surface area (Å²) >= 11 is 0. The van der Waals surface area contributed by atoms with Gasteiger partial charge in [0.1, 0.15) is 12.4 Å². The predicted molar refractivity (Wildman–Crippen MR) is 66.5 cm³/mol. The Kier molecular flexibility index (Phi) is 2.77. The number of rotatable bonds is 4. The molecule has 1 aliphatic carbocycles. The minimum atomic E-state index is -0.338. The SMILES string of the molecule is C[C@H](Nc1nccc(N2CCOC2=O)n1)C1CC1. The van der Waals surface area contributed by atoms with Gasteiger partial charge < -0.3 is 10.1 Å². The van der Waals surface area contributed by atoms with E-state index in [2.05, 4.69) is 22.2 Å². The molecule has 1 N–H and O–H groups in total. The molecular formula is C12H16N4O2. The first kappa shape index (κ1) is 11.3. The average molecular weight is 248 g/mol. The van der Waals surface area contributed by atoms with Crippen molar-refractivity contribution in [3.8, 4) is 0 Å². The largest absolute Gasteiger partial charge is 0.447 e. The number of nitrogens with one attached hydrogen (secondary N) is 1. The molecule has 1 amide bonds.